The highest BCUT2D eigenvalue weighted by Crippen LogP contribution is 2.28. The van der Waals surface area contributed by atoms with Crippen molar-refractivity contribution in [3.8, 4) is 0 Å². The molecule has 5 nitrogen and oxygen atoms in total. The van der Waals surface area contributed by atoms with Crippen molar-refractivity contribution >= 4 is 45.1 Å². The zero-order valence-electron chi connectivity index (χ0n) is 11.5. The van der Waals surface area contributed by atoms with Crippen molar-refractivity contribution in [1.82, 2.24) is 10.2 Å². The minimum Gasteiger partial charge on any atom is -0.451 e. The van der Waals surface area contributed by atoms with E-state index in [0.29, 0.717) is 16.5 Å². The summed E-state index contributed by atoms with van der Waals surface area (Å²) in [5, 5.41) is 12.1. The maximum atomic E-state index is 12.3. The Hall–Kier alpha value is -1.86. The number of aryl methyl sites for hydroxylation is 1. The van der Waals surface area contributed by atoms with Crippen molar-refractivity contribution in [2.45, 2.75) is 18.2 Å². The molecule has 0 spiro atoms. The maximum Gasteiger partial charge on any atom is 0.293 e. The van der Waals surface area contributed by atoms with Gasteiger partial charge in [0.2, 0.25) is 5.13 Å². The maximum absolute atomic E-state index is 12.3. The molecule has 0 saturated heterocycles. The Morgan fingerprint density at radius 2 is 2.19 bits per heavy atom. The monoisotopic (exact) mass is 319 g/mol. The highest BCUT2D eigenvalue weighted by atomic mass is 32.2. The van der Waals surface area contributed by atoms with Gasteiger partial charge >= 0.3 is 0 Å². The second-order valence-electron chi connectivity index (χ2n) is 4.31. The van der Waals surface area contributed by atoms with Gasteiger partial charge in [-0.3, -0.25) is 10.1 Å². The highest BCUT2D eigenvalue weighted by molar-refractivity contribution is 8.01. The molecule has 7 heteroatoms. The molecule has 0 aliphatic rings. The number of hydrogen-bond acceptors (Lipinski definition) is 6. The van der Waals surface area contributed by atoms with Gasteiger partial charge in [-0.25, -0.2) is 0 Å². The second-order valence-corrected chi connectivity index (χ2v) is 6.80. The Labute approximate surface area is 129 Å². The minimum atomic E-state index is -0.298. The SMILES string of the molecule is CCSc1nnc(NC(=O)c2oc3ccccc3c2C)s1. The van der Waals surface area contributed by atoms with Crippen LogP contribution >= 0.6 is 23.1 Å². The van der Waals surface area contributed by atoms with E-state index in [0.717, 1.165) is 21.0 Å². The number of amides is 1. The van der Waals surface area contributed by atoms with Gasteiger partial charge in [-0.2, -0.15) is 0 Å². The van der Waals surface area contributed by atoms with Crippen molar-refractivity contribution in [3.05, 3.63) is 35.6 Å². The number of aromatic nitrogens is 2. The van der Waals surface area contributed by atoms with Crippen LogP contribution in [0.15, 0.2) is 33.0 Å². The summed E-state index contributed by atoms with van der Waals surface area (Å²) in [5.74, 6) is 0.939. The predicted octanol–water partition coefficient (Wildman–Crippen LogP) is 3.96. The molecular formula is C14H13N3O2S2. The van der Waals surface area contributed by atoms with Crippen LogP contribution in [0.4, 0.5) is 5.13 Å². The molecule has 1 N–H and O–H groups in total. The lowest BCUT2D eigenvalue weighted by molar-refractivity contribution is 0.0998. The second kappa shape index (κ2) is 5.87. The summed E-state index contributed by atoms with van der Waals surface area (Å²) in [5.41, 5.74) is 1.54. The van der Waals surface area contributed by atoms with Crippen LogP contribution in [0.3, 0.4) is 0 Å². The Bertz CT molecular complexity index is 794. The molecule has 108 valence electrons. The van der Waals surface area contributed by atoms with Crippen LogP contribution < -0.4 is 5.32 Å². The summed E-state index contributed by atoms with van der Waals surface area (Å²) >= 11 is 2.96. The number of thioether (sulfide) groups is 1. The molecule has 3 aromatic rings. The number of furan rings is 1. The Morgan fingerprint density at radius 3 is 2.95 bits per heavy atom. The van der Waals surface area contributed by atoms with Crippen molar-refractivity contribution in [2.24, 2.45) is 0 Å². The number of nitrogens with zero attached hydrogens (tertiary/aromatic N) is 2. The van der Waals surface area contributed by atoms with Gasteiger partial charge < -0.3 is 4.42 Å². The molecule has 1 amide bonds. The average molecular weight is 319 g/mol. The molecule has 0 atom stereocenters. The van der Waals surface area contributed by atoms with Crippen LogP contribution in [0, 0.1) is 6.92 Å². The zero-order valence-corrected chi connectivity index (χ0v) is 13.2. The van der Waals surface area contributed by atoms with Crippen LogP contribution in [0.25, 0.3) is 11.0 Å². The van der Waals surface area contributed by atoms with Crippen LogP contribution in [0.5, 0.6) is 0 Å². The van der Waals surface area contributed by atoms with Crippen molar-refractivity contribution in [1.29, 1.82) is 0 Å². The average Bonchev–Trinajstić information content (AvgIpc) is 3.05. The number of carbonyl (C=O) groups excluding carboxylic acids is 1. The van der Waals surface area contributed by atoms with Gasteiger partial charge in [-0.05, 0) is 18.7 Å². The van der Waals surface area contributed by atoms with Crippen LogP contribution in [-0.4, -0.2) is 21.9 Å². The highest BCUT2D eigenvalue weighted by Gasteiger charge is 2.18. The first-order valence-corrected chi connectivity index (χ1v) is 8.25. The van der Waals surface area contributed by atoms with Crippen LogP contribution in [0.1, 0.15) is 23.0 Å². The molecular weight excluding hydrogens is 306 g/mol. The van der Waals surface area contributed by atoms with E-state index in [1.165, 1.54) is 11.3 Å². The standard InChI is InChI=1S/C14H13N3O2S2/c1-3-20-14-17-16-13(21-14)15-12(18)11-8(2)9-6-4-5-7-10(9)19-11/h4-7H,3H2,1-2H3,(H,15,16,18). The fraction of sp³-hybridized carbons (Fsp3) is 0.214. The zero-order chi connectivity index (χ0) is 14.8. The molecule has 2 heterocycles. The first-order chi connectivity index (χ1) is 10.2. The summed E-state index contributed by atoms with van der Waals surface area (Å²) in [6, 6.07) is 7.59. The first kappa shape index (κ1) is 14.1. The number of benzene rings is 1. The van der Waals surface area contributed by atoms with E-state index in [9.17, 15) is 4.79 Å². The summed E-state index contributed by atoms with van der Waals surface area (Å²) in [6.45, 7) is 3.92. The molecule has 21 heavy (non-hydrogen) atoms. The predicted molar refractivity (Wildman–Crippen MR) is 85.2 cm³/mol. The molecule has 1 aromatic carbocycles. The fourth-order valence-electron chi connectivity index (χ4n) is 1.99. The Kier molecular flexibility index (Phi) is 3.94. The fourth-order valence-corrected chi connectivity index (χ4v) is 3.63. The number of carbonyl (C=O) groups is 1. The number of fused-ring (bicyclic) bond motifs is 1. The Morgan fingerprint density at radius 1 is 1.38 bits per heavy atom. The van der Waals surface area contributed by atoms with Crippen molar-refractivity contribution in [3.63, 3.8) is 0 Å². The minimum absolute atomic E-state index is 0.298. The largest absolute Gasteiger partial charge is 0.451 e. The number of hydrogen-bond donors (Lipinski definition) is 1. The molecule has 0 saturated carbocycles. The van der Waals surface area contributed by atoms with Gasteiger partial charge in [0.05, 0.1) is 0 Å². The molecule has 0 fully saturated rings. The van der Waals surface area contributed by atoms with E-state index >= 15 is 0 Å². The lowest BCUT2D eigenvalue weighted by Gasteiger charge is -1.98. The van der Waals surface area contributed by atoms with Gasteiger partial charge in [0.25, 0.3) is 5.91 Å². The molecule has 0 radical (unpaired) electrons. The number of rotatable bonds is 4. The molecule has 3 rings (SSSR count). The van der Waals surface area contributed by atoms with Crippen LogP contribution in [0.2, 0.25) is 0 Å². The van der Waals surface area contributed by atoms with E-state index in [1.807, 2.05) is 38.1 Å². The number of anilines is 1. The molecule has 0 bridgehead atoms. The first-order valence-electron chi connectivity index (χ1n) is 6.45. The summed E-state index contributed by atoms with van der Waals surface area (Å²) in [6.07, 6.45) is 0. The quantitative estimate of drug-likeness (QED) is 0.582. The van der Waals surface area contributed by atoms with E-state index in [2.05, 4.69) is 15.5 Å². The summed E-state index contributed by atoms with van der Waals surface area (Å²) < 4.78 is 6.47. The summed E-state index contributed by atoms with van der Waals surface area (Å²) in [4.78, 5) is 12.3. The molecule has 0 aliphatic heterocycles. The van der Waals surface area contributed by atoms with E-state index in [-0.39, 0.29) is 5.91 Å². The molecule has 0 unspecified atom stereocenters. The summed E-state index contributed by atoms with van der Waals surface area (Å²) in [7, 11) is 0. The van der Waals surface area contributed by atoms with E-state index in [1.54, 1.807) is 11.8 Å². The molecule has 0 aliphatic carbocycles. The third-order valence-electron chi connectivity index (χ3n) is 2.94. The van der Waals surface area contributed by atoms with Crippen LogP contribution in [-0.2, 0) is 0 Å². The normalized spacial score (nSPS) is 11.0. The van der Waals surface area contributed by atoms with Gasteiger partial charge in [0.1, 0.15) is 5.58 Å². The number of para-hydroxylation sites is 1. The topological polar surface area (TPSA) is 68.0 Å². The molecule has 2 aromatic heterocycles. The number of nitrogens with one attached hydrogen (secondary N) is 1. The Balaban J connectivity index is 1.84. The van der Waals surface area contributed by atoms with Crippen molar-refractivity contribution < 1.29 is 9.21 Å². The van der Waals surface area contributed by atoms with Gasteiger partial charge in [-0.15, -0.1) is 10.2 Å². The van der Waals surface area contributed by atoms with Gasteiger partial charge in [0, 0.05) is 10.9 Å². The lowest BCUT2D eigenvalue weighted by Crippen LogP contribution is -2.11. The smallest absolute Gasteiger partial charge is 0.293 e. The van der Waals surface area contributed by atoms with Crippen molar-refractivity contribution in [2.75, 3.05) is 11.1 Å². The van der Waals surface area contributed by atoms with E-state index in [4.69, 9.17) is 4.42 Å². The van der Waals surface area contributed by atoms with Gasteiger partial charge in [0.15, 0.2) is 10.1 Å². The lowest BCUT2D eigenvalue weighted by atomic mass is 10.1. The third-order valence-corrected chi connectivity index (χ3v) is 4.80. The van der Waals surface area contributed by atoms with Gasteiger partial charge in [-0.1, -0.05) is 48.2 Å². The third kappa shape index (κ3) is 2.79. The van der Waals surface area contributed by atoms with E-state index < -0.39 is 0 Å².